The zero-order chi connectivity index (χ0) is 29.2. The molecular weight excluding hydrogens is 538 g/mol. The van der Waals surface area contributed by atoms with Crippen molar-refractivity contribution in [3.05, 3.63) is 100 Å². The smallest absolute Gasteiger partial charge is 0.261 e. The molecule has 1 heterocycles. The highest BCUT2D eigenvalue weighted by Gasteiger charge is 2.21. The molecule has 0 spiro atoms. The minimum Gasteiger partial charge on any atom is -0.493 e. The number of benzene rings is 3. The van der Waals surface area contributed by atoms with Crippen LogP contribution in [0.15, 0.2) is 82.6 Å². The molecule has 10 heteroatoms. The van der Waals surface area contributed by atoms with Gasteiger partial charge in [-0.3, -0.25) is 9.52 Å². The summed E-state index contributed by atoms with van der Waals surface area (Å²) in [6.07, 6.45) is 1.51. The minimum atomic E-state index is -3.97. The summed E-state index contributed by atoms with van der Waals surface area (Å²) in [6.45, 7) is 8.11. The van der Waals surface area contributed by atoms with E-state index >= 15 is 0 Å². The van der Waals surface area contributed by atoms with Gasteiger partial charge in [0.1, 0.15) is 17.3 Å². The van der Waals surface area contributed by atoms with E-state index in [-0.39, 0.29) is 45.4 Å². The molecule has 4 rings (SSSR count). The highest BCUT2D eigenvalue weighted by molar-refractivity contribution is 7.92. The fourth-order valence-corrected chi connectivity index (χ4v) is 5.06. The molecule has 0 atom stereocenters. The van der Waals surface area contributed by atoms with Crippen molar-refractivity contribution in [1.29, 1.82) is 0 Å². The van der Waals surface area contributed by atoms with Gasteiger partial charge in [0.15, 0.2) is 11.6 Å². The van der Waals surface area contributed by atoms with Crippen molar-refractivity contribution in [1.82, 2.24) is 4.57 Å². The topological polar surface area (TPSA) is 86.6 Å². The van der Waals surface area contributed by atoms with Crippen LogP contribution < -0.4 is 19.8 Å². The van der Waals surface area contributed by atoms with Crippen molar-refractivity contribution in [2.24, 2.45) is 7.05 Å². The van der Waals surface area contributed by atoms with Gasteiger partial charge < -0.3 is 14.0 Å². The highest BCUT2D eigenvalue weighted by atomic mass is 32.2. The van der Waals surface area contributed by atoms with Gasteiger partial charge in [-0.15, -0.1) is 0 Å². The van der Waals surface area contributed by atoms with E-state index in [1.54, 1.807) is 38.2 Å². The van der Waals surface area contributed by atoms with E-state index in [2.05, 4.69) is 4.72 Å². The minimum absolute atomic E-state index is 0.0767. The number of hydrogen-bond acceptors (Lipinski definition) is 5. The van der Waals surface area contributed by atoms with Crippen LogP contribution in [0.1, 0.15) is 33.3 Å². The molecule has 0 saturated carbocycles. The molecule has 4 aromatic rings. The number of rotatable bonds is 8. The molecule has 0 saturated heterocycles. The number of anilines is 1. The van der Waals surface area contributed by atoms with Crippen LogP contribution in [0.3, 0.4) is 0 Å². The first-order chi connectivity index (χ1) is 18.8. The van der Waals surface area contributed by atoms with Crippen LogP contribution in [0, 0.1) is 11.6 Å². The monoisotopic (exact) mass is 568 g/mol. The van der Waals surface area contributed by atoms with Gasteiger partial charge >= 0.3 is 0 Å². The number of pyridine rings is 1. The first-order valence-corrected chi connectivity index (χ1v) is 14.0. The Morgan fingerprint density at radius 1 is 0.875 bits per heavy atom. The van der Waals surface area contributed by atoms with Crippen molar-refractivity contribution in [2.75, 3.05) is 11.3 Å². The lowest BCUT2D eigenvalue weighted by molar-refractivity contribution is 0.340. The summed E-state index contributed by atoms with van der Waals surface area (Å²) in [5.41, 5.74) is 1.43. The maximum Gasteiger partial charge on any atom is 0.261 e. The van der Waals surface area contributed by atoms with Crippen molar-refractivity contribution in [2.45, 2.75) is 38.0 Å². The number of nitrogens with zero attached hydrogens (tertiary/aromatic N) is 1. The molecule has 0 fully saturated rings. The Balaban J connectivity index is 1.81. The number of aryl methyl sites for hydroxylation is 1. The first-order valence-electron chi connectivity index (χ1n) is 12.5. The van der Waals surface area contributed by atoms with Gasteiger partial charge in [-0.05, 0) is 60.4 Å². The molecule has 0 aliphatic heterocycles. The van der Waals surface area contributed by atoms with Crippen LogP contribution >= 0.6 is 0 Å². The molecule has 0 aliphatic carbocycles. The second kappa shape index (κ2) is 11.1. The fraction of sp³-hybridized carbons (Fsp3) is 0.233. The van der Waals surface area contributed by atoms with Gasteiger partial charge in [0.2, 0.25) is 0 Å². The third-order valence-corrected chi connectivity index (χ3v) is 7.55. The predicted molar refractivity (Wildman–Crippen MR) is 151 cm³/mol. The normalized spacial score (nSPS) is 11.8. The molecular formula is C30H30F2N2O5S. The van der Waals surface area contributed by atoms with E-state index in [0.717, 1.165) is 17.7 Å². The molecule has 210 valence electrons. The standard InChI is InChI=1S/C30H30F2N2O5S/c1-6-38-28-17-29(35)34(5)18-24(28)23-16-21(10-14-26(23)39-27-13-9-20(31)15-25(27)32)33-40(36,37)22-11-7-19(8-12-22)30(2,3)4/h7-18,33H,6H2,1-5H3. The number of aromatic nitrogens is 1. The lowest BCUT2D eigenvalue weighted by Crippen LogP contribution is -2.16. The first kappa shape index (κ1) is 28.8. The van der Waals surface area contributed by atoms with Crippen LogP contribution in [0.4, 0.5) is 14.5 Å². The molecule has 1 N–H and O–H groups in total. The second-order valence-electron chi connectivity index (χ2n) is 10.2. The number of halogens is 2. The Labute approximate surface area is 232 Å². The van der Waals surface area contributed by atoms with Crippen LogP contribution in [0.5, 0.6) is 17.2 Å². The van der Waals surface area contributed by atoms with Crippen LogP contribution in [0.25, 0.3) is 11.1 Å². The Kier molecular flexibility index (Phi) is 8.02. The second-order valence-corrected chi connectivity index (χ2v) is 11.9. The third-order valence-electron chi connectivity index (χ3n) is 6.16. The van der Waals surface area contributed by atoms with Gasteiger partial charge in [-0.25, -0.2) is 17.2 Å². The quantitative estimate of drug-likeness (QED) is 0.258. The lowest BCUT2D eigenvalue weighted by atomic mass is 9.87. The van der Waals surface area contributed by atoms with Crippen molar-refractivity contribution >= 4 is 15.7 Å². The Morgan fingerprint density at radius 2 is 1.55 bits per heavy atom. The lowest BCUT2D eigenvalue weighted by Gasteiger charge is -2.19. The Morgan fingerprint density at radius 3 is 2.17 bits per heavy atom. The van der Waals surface area contributed by atoms with Crippen LogP contribution in [-0.4, -0.2) is 19.6 Å². The zero-order valence-corrected chi connectivity index (χ0v) is 23.6. The van der Waals surface area contributed by atoms with Gasteiger partial charge in [0, 0.05) is 42.2 Å². The Bertz CT molecular complexity index is 1710. The molecule has 0 amide bonds. The van der Waals surface area contributed by atoms with Crippen LogP contribution in [0.2, 0.25) is 0 Å². The van der Waals surface area contributed by atoms with E-state index in [9.17, 15) is 22.0 Å². The largest absolute Gasteiger partial charge is 0.493 e. The average Bonchev–Trinajstić information content (AvgIpc) is 2.88. The fourth-order valence-electron chi connectivity index (χ4n) is 4.01. The number of sulfonamides is 1. The zero-order valence-electron chi connectivity index (χ0n) is 22.8. The molecule has 0 radical (unpaired) electrons. The van der Waals surface area contributed by atoms with Gasteiger partial charge in [-0.2, -0.15) is 0 Å². The molecule has 40 heavy (non-hydrogen) atoms. The van der Waals surface area contributed by atoms with Crippen molar-refractivity contribution < 1.29 is 26.7 Å². The molecule has 3 aromatic carbocycles. The molecule has 7 nitrogen and oxygen atoms in total. The summed E-state index contributed by atoms with van der Waals surface area (Å²) in [5, 5.41) is 0. The van der Waals surface area contributed by atoms with E-state index in [1.165, 1.54) is 35.0 Å². The predicted octanol–water partition coefficient (Wildman–Crippen LogP) is 6.62. The van der Waals surface area contributed by atoms with Crippen molar-refractivity contribution in [3.8, 4) is 28.4 Å². The third kappa shape index (κ3) is 6.34. The van der Waals surface area contributed by atoms with E-state index < -0.39 is 21.7 Å². The number of ether oxygens (including phenoxy) is 2. The van der Waals surface area contributed by atoms with E-state index in [4.69, 9.17) is 9.47 Å². The maximum absolute atomic E-state index is 14.5. The molecule has 0 unspecified atom stereocenters. The summed E-state index contributed by atoms with van der Waals surface area (Å²) >= 11 is 0. The SMILES string of the molecule is CCOc1cc(=O)n(C)cc1-c1cc(NS(=O)(=O)c2ccc(C(C)(C)C)cc2)ccc1Oc1ccc(F)cc1F. The highest BCUT2D eigenvalue weighted by Crippen LogP contribution is 2.40. The van der Waals surface area contributed by atoms with Gasteiger partial charge in [-0.1, -0.05) is 32.9 Å². The Hall–Kier alpha value is -4.18. The number of nitrogens with one attached hydrogen (secondary N) is 1. The summed E-state index contributed by atoms with van der Waals surface area (Å²) in [7, 11) is -2.42. The molecule has 0 aliphatic rings. The molecule has 1 aromatic heterocycles. The average molecular weight is 569 g/mol. The van der Waals surface area contributed by atoms with E-state index in [0.29, 0.717) is 17.2 Å². The summed E-state index contributed by atoms with van der Waals surface area (Å²) < 4.78 is 69.8. The number of hydrogen-bond donors (Lipinski definition) is 1. The van der Waals surface area contributed by atoms with Crippen LogP contribution in [-0.2, 0) is 22.5 Å². The van der Waals surface area contributed by atoms with Gasteiger partial charge in [0.25, 0.3) is 15.6 Å². The summed E-state index contributed by atoms with van der Waals surface area (Å²) in [4.78, 5) is 12.4. The molecule has 0 bridgehead atoms. The van der Waals surface area contributed by atoms with Crippen molar-refractivity contribution in [3.63, 3.8) is 0 Å². The summed E-state index contributed by atoms with van der Waals surface area (Å²) in [5.74, 6) is -1.56. The van der Waals surface area contributed by atoms with Gasteiger partial charge in [0.05, 0.1) is 11.5 Å². The van der Waals surface area contributed by atoms with E-state index in [1.807, 2.05) is 20.8 Å². The maximum atomic E-state index is 14.5. The summed E-state index contributed by atoms with van der Waals surface area (Å²) in [6, 6.07) is 15.2.